The Balaban J connectivity index is 1.79. The molecular weight excluding hydrogens is 449 g/mol. The number of nitrogens with one attached hydrogen (secondary N) is 1. The molecule has 4 rings (SSSR count). The van der Waals surface area contributed by atoms with E-state index in [2.05, 4.69) is 37.9 Å². The molecule has 7 heteroatoms. The maximum atomic E-state index is 15.4. The average molecular weight is 480 g/mol. The highest BCUT2D eigenvalue weighted by Crippen LogP contribution is 2.44. The topological polar surface area (TPSA) is 52.7 Å². The number of carbonyl (C=O) groups is 2. The normalized spacial score (nSPS) is 21.1. The summed E-state index contributed by atoms with van der Waals surface area (Å²) in [4.78, 5) is 29.6. The number of halogens is 1. The first kappa shape index (κ1) is 24.1. The Kier molecular flexibility index (Phi) is 6.34. The van der Waals surface area contributed by atoms with Crippen molar-refractivity contribution in [1.82, 2.24) is 5.32 Å². The summed E-state index contributed by atoms with van der Waals surface area (Å²) >= 11 is 5.29. The second kappa shape index (κ2) is 8.95. The van der Waals surface area contributed by atoms with Gasteiger partial charge in [0.2, 0.25) is 0 Å². The van der Waals surface area contributed by atoms with E-state index in [-0.39, 0.29) is 27.7 Å². The van der Waals surface area contributed by atoms with E-state index in [9.17, 15) is 9.59 Å². The van der Waals surface area contributed by atoms with Gasteiger partial charge in [-0.2, -0.15) is 0 Å². The molecule has 0 radical (unpaired) electrons. The van der Waals surface area contributed by atoms with E-state index in [1.54, 1.807) is 24.3 Å². The van der Waals surface area contributed by atoms with Crippen LogP contribution in [0.4, 0.5) is 15.8 Å². The molecule has 34 heavy (non-hydrogen) atoms. The number of carbonyl (C=O) groups excluding carboxylic acids is 2. The first-order valence-electron chi connectivity index (χ1n) is 11.6. The summed E-state index contributed by atoms with van der Waals surface area (Å²) in [6, 6.07) is 10.6. The third-order valence-electron chi connectivity index (χ3n) is 6.71. The lowest BCUT2D eigenvalue weighted by molar-refractivity contribution is -0.122. The Hall–Kier alpha value is -3.06. The van der Waals surface area contributed by atoms with Gasteiger partial charge in [-0.25, -0.2) is 4.39 Å². The standard InChI is InChI=1S/C27H30FN3O2S/c1-6-11-30-23-14-21(28)18(12-19(23)17(3)15-27(30,4)5)13-20-24(32)29-26(34)31(25(20)33)22-10-8-7-9-16(22)2/h7-10,12-14,17H,6,11,15H2,1-5H3,(H,29,32,34)/b20-13-. The molecule has 1 unspecified atom stereocenters. The predicted octanol–water partition coefficient (Wildman–Crippen LogP) is 5.47. The van der Waals surface area contributed by atoms with Crippen molar-refractivity contribution in [3.8, 4) is 0 Å². The van der Waals surface area contributed by atoms with Gasteiger partial charge in [0.1, 0.15) is 11.4 Å². The van der Waals surface area contributed by atoms with Gasteiger partial charge in [0.25, 0.3) is 11.8 Å². The molecule has 1 atom stereocenters. The average Bonchev–Trinajstić information content (AvgIpc) is 2.75. The molecule has 1 fully saturated rings. The zero-order chi connectivity index (χ0) is 24.8. The molecule has 1 N–H and O–H groups in total. The van der Waals surface area contributed by atoms with Crippen LogP contribution < -0.4 is 15.1 Å². The number of thiocarbonyl (C=S) groups is 1. The maximum Gasteiger partial charge on any atom is 0.270 e. The number of amides is 2. The summed E-state index contributed by atoms with van der Waals surface area (Å²) in [5, 5.41) is 2.59. The first-order valence-corrected chi connectivity index (χ1v) is 12.0. The fourth-order valence-electron chi connectivity index (χ4n) is 5.12. The second-order valence-electron chi connectivity index (χ2n) is 9.75. The van der Waals surface area contributed by atoms with Crippen molar-refractivity contribution in [1.29, 1.82) is 0 Å². The fraction of sp³-hybridized carbons (Fsp3) is 0.370. The SMILES string of the molecule is CCCN1c2cc(F)c(/C=C3/C(=O)NC(=S)N(c4ccccc4C)C3=O)cc2C(C)CC1(C)C. The van der Waals surface area contributed by atoms with Crippen molar-refractivity contribution in [3.63, 3.8) is 0 Å². The number of para-hydroxylation sites is 1. The third-order valence-corrected chi connectivity index (χ3v) is 6.99. The highest BCUT2D eigenvalue weighted by molar-refractivity contribution is 7.80. The minimum Gasteiger partial charge on any atom is -0.366 e. The minimum atomic E-state index is -0.626. The van der Waals surface area contributed by atoms with Gasteiger partial charge in [0, 0.05) is 23.3 Å². The summed E-state index contributed by atoms with van der Waals surface area (Å²) in [5.41, 5.74) is 3.31. The minimum absolute atomic E-state index is 0.0124. The predicted molar refractivity (Wildman–Crippen MR) is 139 cm³/mol. The molecule has 2 aromatic rings. The van der Waals surface area contributed by atoms with E-state index in [4.69, 9.17) is 12.2 Å². The van der Waals surface area contributed by atoms with Crippen molar-refractivity contribution in [2.45, 2.75) is 58.9 Å². The van der Waals surface area contributed by atoms with Crippen LogP contribution in [-0.4, -0.2) is 29.0 Å². The molecule has 5 nitrogen and oxygen atoms in total. The number of benzene rings is 2. The van der Waals surface area contributed by atoms with Gasteiger partial charge in [0.05, 0.1) is 5.69 Å². The fourth-order valence-corrected chi connectivity index (χ4v) is 5.40. The number of nitrogens with zero attached hydrogens (tertiary/aromatic N) is 2. The number of rotatable bonds is 4. The summed E-state index contributed by atoms with van der Waals surface area (Å²) in [6.07, 6.45) is 3.22. The Morgan fingerprint density at radius 1 is 1.21 bits per heavy atom. The van der Waals surface area contributed by atoms with Crippen LogP contribution in [0.15, 0.2) is 42.0 Å². The number of anilines is 2. The summed E-state index contributed by atoms with van der Waals surface area (Å²) < 4.78 is 15.4. The smallest absolute Gasteiger partial charge is 0.270 e. The number of hydrogen-bond acceptors (Lipinski definition) is 4. The lowest BCUT2D eigenvalue weighted by atomic mass is 9.79. The van der Waals surface area contributed by atoms with Gasteiger partial charge in [-0.05, 0) is 87.2 Å². The summed E-state index contributed by atoms with van der Waals surface area (Å²) in [5.74, 6) is -1.45. The van der Waals surface area contributed by atoms with Crippen molar-refractivity contribution < 1.29 is 14.0 Å². The largest absolute Gasteiger partial charge is 0.366 e. The van der Waals surface area contributed by atoms with Crippen molar-refractivity contribution >= 4 is 46.6 Å². The van der Waals surface area contributed by atoms with E-state index >= 15 is 4.39 Å². The maximum absolute atomic E-state index is 15.4. The number of hydrogen-bond donors (Lipinski definition) is 1. The van der Waals surface area contributed by atoms with Crippen LogP contribution in [0.2, 0.25) is 0 Å². The van der Waals surface area contributed by atoms with Gasteiger partial charge >= 0.3 is 0 Å². The van der Waals surface area contributed by atoms with Crippen LogP contribution in [-0.2, 0) is 9.59 Å². The molecular formula is C27H30FN3O2S. The van der Waals surface area contributed by atoms with Gasteiger partial charge in [-0.15, -0.1) is 0 Å². The van der Waals surface area contributed by atoms with Gasteiger partial charge in [-0.3, -0.25) is 19.8 Å². The third kappa shape index (κ3) is 4.13. The summed E-state index contributed by atoms with van der Waals surface area (Å²) in [7, 11) is 0. The van der Waals surface area contributed by atoms with E-state index in [0.29, 0.717) is 5.69 Å². The molecule has 0 aliphatic carbocycles. The van der Waals surface area contributed by atoms with Gasteiger partial charge < -0.3 is 4.90 Å². The molecule has 1 saturated heterocycles. The van der Waals surface area contributed by atoms with Crippen LogP contribution in [0.3, 0.4) is 0 Å². The number of fused-ring (bicyclic) bond motifs is 1. The van der Waals surface area contributed by atoms with E-state index in [1.807, 2.05) is 19.1 Å². The zero-order valence-corrected chi connectivity index (χ0v) is 21.1. The van der Waals surface area contributed by atoms with E-state index in [1.165, 1.54) is 11.0 Å². The van der Waals surface area contributed by atoms with Crippen LogP contribution in [0.25, 0.3) is 6.08 Å². The van der Waals surface area contributed by atoms with Gasteiger partial charge in [-0.1, -0.05) is 32.0 Å². The van der Waals surface area contributed by atoms with Crippen molar-refractivity contribution in [3.05, 3.63) is 64.5 Å². The van der Waals surface area contributed by atoms with Crippen molar-refractivity contribution in [2.75, 3.05) is 16.3 Å². The number of aryl methyl sites for hydroxylation is 1. The molecule has 2 aliphatic heterocycles. The van der Waals surface area contributed by atoms with E-state index in [0.717, 1.165) is 36.2 Å². The highest BCUT2D eigenvalue weighted by Gasteiger charge is 2.38. The Morgan fingerprint density at radius 2 is 1.91 bits per heavy atom. The molecule has 2 heterocycles. The zero-order valence-electron chi connectivity index (χ0n) is 20.2. The lowest BCUT2D eigenvalue weighted by Gasteiger charge is -2.47. The molecule has 178 valence electrons. The molecule has 0 bridgehead atoms. The summed E-state index contributed by atoms with van der Waals surface area (Å²) in [6.45, 7) is 11.3. The second-order valence-corrected chi connectivity index (χ2v) is 10.1. The molecule has 0 spiro atoms. The monoisotopic (exact) mass is 479 g/mol. The van der Waals surface area contributed by atoms with Crippen LogP contribution in [0, 0.1) is 12.7 Å². The molecule has 2 aromatic carbocycles. The lowest BCUT2D eigenvalue weighted by Crippen LogP contribution is -2.54. The van der Waals surface area contributed by atoms with E-state index < -0.39 is 17.6 Å². The first-order chi connectivity index (χ1) is 16.0. The van der Waals surface area contributed by atoms with Crippen molar-refractivity contribution in [2.24, 2.45) is 0 Å². The quantitative estimate of drug-likeness (QED) is 0.359. The Labute approximate surface area is 205 Å². The molecule has 0 saturated carbocycles. The van der Waals surface area contributed by atoms with Crippen LogP contribution >= 0.6 is 12.2 Å². The van der Waals surface area contributed by atoms with Crippen LogP contribution in [0.5, 0.6) is 0 Å². The molecule has 2 aliphatic rings. The van der Waals surface area contributed by atoms with Gasteiger partial charge in [0.15, 0.2) is 5.11 Å². The van der Waals surface area contributed by atoms with Crippen LogP contribution in [0.1, 0.15) is 63.1 Å². The highest BCUT2D eigenvalue weighted by atomic mass is 32.1. The Morgan fingerprint density at radius 3 is 2.59 bits per heavy atom. The molecule has 2 amide bonds. The molecule has 0 aromatic heterocycles. The Bertz CT molecular complexity index is 1220.